The second kappa shape index (κ2) is 6.44. The van der Waals surface area contributed by atoms with Crippen molar-refractivity contribution in [3.05, 3.63) is 65.6 Å². The fourth-order valence-corrected chi connectivity index (χ4v) is 2.75. The first-order valence-electron chi connectivity index (χ1n) is 7.53. The smallest absolute Gasteiger partial charge is 0.272 e. The highest BCUT2D eigenvalue weighted by atomic mass is 16.2. The van der Waals surface area contributed by atoms with Gasteiger partial charge in [0.25, 0.3) is 5.91 Å². The van der Waals surface area contributed by atoms with Gasteiger partial charge in [-0.3, -0.25) is 9.78 Å². The minimum atomic E-state index is -0.272. The van der Waals surface area contributed by atoms with Crippen molar-refractivity contribution < 1.29 is 4.79 Å². The van der Waals surface area contributed by atoms with Gasteiger partial charge in [-0.1, -0.05) is 18.2 Å². The van der Waals surface area contributed by atoms with Gasteiger partial charge in [0.2, 0.25) is 0 Å². The predicted octanol–water partition coefficient (Wildman–Crippen LogP) is 3.13. The summed E-state index contributed by atoms with van der Waals surface area (Å²) in [6, 6.07) is 11.6. The molecule has 0 atom stereocenters. The lowest BCUT2D eigenvalue weighted by Crippen LogP contribution is -2.17. The minimum Gasteiger partial charge on any atom is -0.344 e. The Balaban J connectivity index is 1.87. The number of hydrogen-bond donors (Lipinski definition) is 1. The summed E-state index contributed by atoms with van der Waals surface area (Å²) in [7, 11) is 0. The molecule has 116 valence electrons. The number of pyridine rings is 1. The summed E-state index contributed by atoms with van der Waals surface area (Å²) >= 11 is 0. The molecular weight excluding hydrogens is 288 g/mol. The molecule has 0 spiro atoms. The van der Waals surface area contributed by atoms with Crippen molar-refractivity contribution in [2.45, 2.75) is 20.4 Å². The molecule has 1 aromatic carbocycles. The van der Waals surface area contributed by atoms with Gasteiger partial charge >= 0.3 is 0 Å². The Morgan fingerprint density at radius 2 is 2.13 bits per heavy atom. The third-order valence-corrected chi connectivity index (χ3v) is 3.88. The molecule has 0 saturated carbocycles. The van der Waals surface area contributed by atoms with E-state index < -0.39 is 0 Å². The van der Waals surface area contributed by atoms with Crippen LogP contribution in [0.3, 0.4) is 0 Å². The van der Waals surface area contributed by atoms with E-state index >= 15 is 0 Å². The molecule has 0 aliphatic carbocycles. The molecular formula is C18H18N4O. The van der Waals surface area contributed by atoms with Gasteiger partial charge in [0.1, 0.15) is 0 Å². The molecule has 0 bridgehead atoms. The fourth-order valence-electron chi connectivity index (χ4n) is 2.75. The number of aryl methyl sites for hydroxylation is 1. The molecule has 0 unspecified atom stereocenters. The Hall–Kier alpha value is -2.95. The Kier molecular flexibility index (Phi) is 4.19. The van der Waals surface area contributed by atoms with Crippen LogP contribution >= 0.6 is 0 Å². The van der Waals surface area contributed by atoms with Crippen LogP contribution in [0, 0.1) is 6.92 Å². The number of hydrogen-bond acceptors (Lipinski definition) is 3. The Morgan fingerprint density at radius 1 is 1.30 bits per heavy atom. The lowest BCUT2D eigenvalue weighted by molar-refractivity contribution is 0.0955. The molecule has 1 amide bonds. The van der Waals surface area contributed by atoms with Crippen LogP contribution in [-0.2, 0) is 6.54 Å². The highest BCUT2D eigenvalue weighted by molar-refractivity contribution is 6.02. The summed E-state index contributed by atoms with van der Waals surface area (Å²) in [6.45, 7) is 5.07. The van der Waals surface area contributed by atoms with E-state index in [0.29, 0.717) is 5.56 Å². The van der Waals surface area contributed by atoms with E-state index in [1.165, 1.54) is 11.7 Å². The molecule has 5 nitrogen and oxygen atoms in total. The number of aromatic nitrogens is 2. The van der Waals surface area contributed by atoms with E-state index in [1.54, 1.807) is 24.5 Å². The van der Waals surface area contributed by atoms with Crippen LogP contribution < -0.4 is 5.43 Å². The first-order chi connectivity index (χ1) is 11.2. The molecule has 5 heteroatoms. The number of hydrazone groups is 1. The summed E-state index contributed by atoms with van der Waals surface area (Å²) in [5.74, 6) is -0.272. The number of fused-ring (bicyclic) bond motifs is 1. The van der Waals surface area contributed by atoms with E-state index in [4.69, 9.17) is 0 Å². The third kappa shape index (κ3) is 2.85. The normalized spacial score (nSPS) is 11.2. The van der Waals surface area contributed by atoms with Crippen molar-refractivity contribution >= 4 is 23.0 Å². The van der Waals surface area contributed by atoms with E-state index in [1.807, 2.05) is 12.1 Å². The van der Waals surface area contributed by atoms with E-state index in [2.05, 4.69) is 46.1 Å². The van der Waals surface area contributed by atoms with Crippen LogP contribution in [0.4, 0.5) is 0 Å². The van der Waals surface area contributed by atoms with Crippen molar-refractivity contribution in [3.8, 4) is 0 Å². The molecule has 1 N–H and O–H groups in total. The number of benzene rings is 1. The molecule has 3 aromatic rings. The summed E-state index contributed by atoms with van der Waals surface area (Å²) in [5.41, 5.74) is 6.36. The lowest BCUT2D eigenvalue weighted by atomic mass is 10.1. The van der Waals surface area contributed by atoms with Crippen molar-refractivity contribution in [2.24, 2.45) is 5.10 Å². The first-order valence-corrected chi connectivity index (χ1v) is 7.53. The van der Waals surface area contributed by atoms with Crippen LogP contribution in [0.25, 0.3) is 10.9 Å². The summed E-state index contributed by atoms with van der Waals surface area (Å²) < 4.78 is 2.24. The number of carbonyl (C=O) groups excluding carboxylic acids is 1. The maximum atomic E-state index is 12.0. The molecule has 0 radical (unpaired) electrons. The maximum absolute atomic E-state index is 12.0. The van der Waals surface area contributed by atoms with Crippen molar-refractivity contribution in [3.63, 3.8) is 0 Å². The molecule has 0 fully saturated rings. The molecule has 2 heterocycles. The lowest BCUT2D eigenvalue weighted by Gasteiger charge is -2.03. The number of amides is 1. The number of nitrogens with one attached hydrogen (secondary N) is 1. The zero-order chi connectivity index (χ0) is 16.2. The molecule has 2 aromatic heterocycles. The van der Waals surface area contributed by atoms with Crippen LogP contribution in [0.2, 0.25) is 0 Å². The zero-order valence-corrected chi connectivity index (χ0v) is 13.2. The fraction of sp³-hybridized carbons (Fsp3) is 0.167. The van der Waals surface area contributed by atoms with Gasteiger partial charge in [-0.05, 0) is 32.0 Å². The van der Waals surface area contributed by atoms with Crippen molar-refractivity contribution in [1.29, 1.82) is 0 Å². The summed E-state index contributed by atoms with van der Waals surface area (Å²) in [5, 5.41) is 5.24. The monoisotopic (exact) mass is 306 g/mol. The van der Waals surface area contributed by atoms with E-state index in [0.717, 1.165) is 23.2 Å². The highest BCUT2D eigenvalue weighted by Crippen LogP contribution is 2.24. The minimum absolute atomic E-state index is 0.272. The summed E-state index contributed by atoms with van der Waals surface area (Å²) in [6.07, 6.45) is 4.85. The number of carbonyl (C=O) groups is 1. The maximum Gasteiger partial charge on any atom is 0.272 e. The second-order valence-corrected chi connectivity index (χ2v) is 5.20. The Bertz CT molecular complexity index is 865. The second-order valence-electron chi connectivity index (χ2n) is 5.20. The quantitative estimate of drug-likeness (QED) is 0.594. The Morgan fingerprint density at radius 3 is 2.87 bits per heavy atom. The standard InChI is InChI=1S/C18H18N4O/c1-3-22-13(2)16(15-8-4-5-9-17(15)22)12-20-21-18(23)14-7-6-10-19-11-14/h4-12H,3H2,1-2H3,(H,21,23)/b20-12-. The van der Waals surface area contributed by atoms with Gasteiger partial charge in [0.15, 0.2) is 0 Å². The molecule has 0 saturated heterocycles. The van der Waals surface area contributed by atoms with Gasteiger partial charge in [-0.25, -0.2) is 5.43 Å². The topological polar surface area (TPSA) is 59.3 Å². The van der Waals surface area contributed by atoms with Gasteiger partial charge in [0, 0.05) is 41.1 Å². The van der Waals surface area contributed by atoms with Crippen LogP contribution in [0.1, 0.15) is 28.5 Å². The average Bonchev–Trinajstić information content (AvgIpc) is 2.87. The van der Waals surface area contributed by atoms with Crippen LogP contribution in [-0.4, -0.2) is 21.7 Å². The van der Waals surface area contributed by atoms with E-state index in [-0.39, 0.29) is 5.91 Å². The van der Waals surface area contributed by atoms with Crippen LogP contribution in [0.5, 0.6) is 0 Å². The molecule has 3 rings (SSSR count). The predicted molar refractivity (Wildman–Crippen MR) is 91.6 cm³/mol. The first kappa shape index (κ1) is 15.0. The van der Waals surface area contributed by atoms with Crippen molar-refractivity contribution in [2.75, 3.05) is 0 Å². The largest absolute Gasteiger partial charge is 0.344 e. The highest BCUT2D eigenvalue weighted by Gasteiger charge is 2.11. The van der Waals surface area contributed by atoms with Gasteiger partial charge in [0.05, 0.1) is 11.8 Å². The van der Waals surface area contributed by atoms with Crippen molar-refractivity contribution in [1.82, 2.24) is 15.0 Å². The van der Waals surface area contributed by atoms with Gasteiger partial charge < -0.3 is 4.57 Å². The van der Waals surface area contributed by atoms with Gasteiger partial charge in [-0.2, -0.15) is 5.10 Å². The SMILES string of the molecule is CCn1c(C)c(/C=N\NC(=O)c2cccnc2)c2ccccc21. The third-order valence-electron chi connectivity index (χ3n) is 3.88. The number of rotatable bonds is 4. The molecule has 0 aliphatic rings. The Labute approximate surface area is 134 Å². The zero-order valence-electron chi connectivity index (χ0n) is 13.2. The summed E-state index contributed by atoms with van der Waals surface area (Å²) in [4.78, 5) is 15.9. The average molecular weight is 306 g/mol. The molecule has 0 aliphatic heterocycles. The molecule has 23 heavy (non-hydrogen) atoms. The van der Waals surface area contributed by atoms with Gasteiger partial charge in [-0.15, -0.1) is 0 Å². The number of para-hydroxylation sites is 1. The number of nitrogens with zero attached hydrogens (tertiary/aromatic N) is 3. The van der Waals surface area contributed by atoms with Crippen LogP contribution in [0.15, 0.2) is 53.9 Å². The van der Waals surface area contributed by atoms with E-state index in [9.17, 15) is 4.79 Å².